The van der Waals surface area contributed by atoms with Crippen molar-refractivity contribution in [1.82, 2.24) is 19.1 Å². The topological polar surface area (TPSA) is 35.6 Å². The standard InChI is InChI=1S/C18H19ClN4/c1-13-8-15(6-7-16(13)19)22-9-14(20-11-22)10-23-12-21-17-4-2-3-5-18(17)23/h6-9,11-12H,2-5,10H2,1H3. The molecular formula is C18H19ClN4. The molecular weight excluding hydrogens is 308 g/mol. The van der Waals surface area contributed by atoms with E-state index < -0.39 is 0 Å². The number of fused-ring (bicyclic) bond motifs is 1. The maximum absolute atomic E-state index is 6.10. The van der Waals surface area contributed by atoms with Gasteiger partial charge in [-0.3, -0.25) is 0 Å². The van der Waals surface area contributed by atoms with Gasteiger partial charge in [0.05, 0.1) is 30.6 Å². The van der Waals surface area contributed by atoms with E-state index in [-0.39, 0.29) is 0 Å². The van der Waals surface area contributed by atoms with Crippen LogP contribution in [-0.4, -0.2) is 19.1 Å². The molecule has 4 nitrogen and oxygen atoms in total. The summed E-state index contributed by atoms with van der Waals surface area (Å²) in [5.74, 6) is 0. The zero-order valence-corrected chi connectivity index (χ0v) is 13.9. The fourth-order valence-corrected chi connectivity index (χ4v) is 3.34. The molecule has 0 atom stereocenters. The first kappa shape index (κ1) is 14.5. The van der Waals surface area contributed by atoms with Gasteiger partial charge in [-0.05, 0) is 56.4 Å². The van der Waals surface area contributed by atoms with Crippen LogP contribution in [0.15, 0.2) is 37.1 Å². The molecule has 2 heterocycles. The summed E-state index contributed by atoms with van der Waals surface area (Å²) in [5, 5.41) is 0.791. The van der Waals surface area contributed by atoms with Crippen molar-refractivity contribution in [2.24, 2.45) is 0 Å². The molecule has 2 aromatic heterocycles. The minimum atomic E-state index is 0.780. The van der Waals surface area contributed by atoms with Crippen molar-refractivity contribution in [3.63, 3.8) is 0 Å². The molecule has 1 aliphatic rings. The van der Waals surface area contributed by atoms with E-state index in [1.165, 1.54) is 24.2 Å². The molecule has 4 rings (SSSR count). The first-order valence-electron chi connectivity index (χ1n) is 8.03. The number of benzene rings is 1. The zero-order valence-electron chi connectivity index (χ0n) is 13.2. The minimum absolute atomic E-state index is 0.780. The van der Waals surface area contributed by atoms with E-state index in [1.807, 2.05) is 36.3 Å². The Labute approximate surface area is 140 Å². The molecule has 0 aliphatic heterocycles. The molecule has 5 heteroatoms. The third-order valence-electron chi connectivity index (χ3n) is 4.52. The normalized spacial score (nSPS) is 14.0. The second-order valence-corrected chi connectivity index (χ2v) is 6.59. The summed E-state index contributed by atoms with van der Waals surface area (Å²) < 4.78 is 4.29. The van der Waals surface area contributed by atoms with Gasteiger partial charge in [0.2, 0.25) is 0 Å². The van der Waals surface area contributed by atoms with Crippen molar-refractivity contribution in [2.75, 3.05) is 0 Å². The molecule has 3 aromatic rings. The fraction of sp³-hybridized carbons (Fsp3) is 0.333. The largest absolute Gasteiger partial charge is 0.328 e. The Bertz CT molecular complexity index is 847. The van der Waals surface area contributed by atoms with Crippen LogP contribution in [0.1, 0.15) is 35.5 Å². The number of hydrogen-bond donors (Lipinski definition) is 0. The predicted octanol–water partition coefficient (Wildman–Crippen LogP) is 3.96. The van der Waals surface area contributed by atoms with Gasteiger partial charge in [-0.1, -0.05) is 11.6 Å². The quantitative estimate of drug-likeness (QED) is 0.730. The Hall–Kier alpha value is -2.07. The maximum Gasteiger partial charge on any atom is 0.0996 e. The monoisotopic (exact) mass is 326 g/mol. The molecule has 1 aliphatic carbocycles. The summed E-state index contributed by atoms with van der Waals surface area (Å²) >= 11 is 6.10. The highest BCUT2D eigenvalue weighted by Crippen LogP contribution is 2.22. The molecule has 0 amide bonds. The summed E-state index contributed by atoms with van der Waals surface area (Å²) in [4.78, 5) is 9.10. The van der Waals surface area contributed by atoms with Crippen molar-refractivity contribution in [2.45, 2.75) is 39.2 Å². The molecule has 0 N–H and O–H groups in total. The lowest BCUT2D eigenvalue weighted by atomic mass is 10.0. The van der Waals surface area contributed by atoms with Gasteiger partial charge >= 0.3 is 0 Å². The van der Waals surface area contributed by atoms with Crippen molar-refractivity contribution in [3.8, 4) is 5.69 Å². The van der Waals surface area contributed by atoms with Crippen molar-refractivity contribution in [3.05, 3.63) is 64.7 Å². The number of rotatable bonds is 3. The summed E-state index contributed by atoms with van der Waals surface area (Å²) in [6.45, 7) is 2.79. The first-order chi connectivity index (χ1) is 11.2. The molecule has 0 fully saturated rings. The molecule has 0 bridgehead atoms. The van der Waals surface area contributed by atoms with Gasteiger partial charge in [-0.15, -0.1) is 0 Å². The van der Waals surface area contributed by atoms with Gasteiger partial charge in [-0.2, -0.15) is 0 Å². The van der Waals surface area contributed by atoms with Crippen LogP contribution in [0.3, 0.4) is 0 Å². The van der Waals surface area contributed by atoms with Crippen molar-refractivity contribution >= 4 is 11.6 Å². The van der Waals surface area contributed by atoms with E-state index in [0.29, 0.717) is 0 Å². The highest BCUT2D eigenvalue weighted by atomic mass is 35.5. The lowest BCUT2D eigenvalue weighted by Crippen LogP contribution is -2.09. The average molecular weight is 327 g/mol. The summed E-state index contributed by atoms with van der Waals surface area (Å²) in [7, 11) is 0. The summed E-state index contributed by atoms with van der Waals surface area (Å²) in [6, 6.07) is 6.02. The van der Waals surface area contributed by atoms with Crippen LogP contribution >= 0.6 is 11.6 Å². The molecule has 0 unspecified atom stereocenters. The molecule has 0 saturated carbocycles. The lowest BCUT2D eigenvalue weighted by molar-refractivity contribution is 0.625. The highest BCUT2D eigenvalue weighted by Gasteiger charge is 2.15. The fourth-order valence-electron chi connectivity index (χ4n) is 3.22. The van der Waals surface area contributed by atoms with Gasteiger partial charge in [-0.25, -0.2) is 9.97 Å². The minimum Gasteiger partial charge on any atom is -0.328 e. The predicted molar refractivity (Wildman–Crippen MR) is 91.3 cm³/mol. The van der Waals surface area contributed by atoms with E-state index >= 15 is 0 Å². The van der Waals surface area contributed by atoms with E-state index in [1.54, 1.807) is 0 Å². The Morgan fingerprint density at radius 1 is 1.13 bits per heavy atom. The molecule has 118 valence electrons. The van der Waals surface area contributed by atoms with E-state index in [4.69, 9.17) is 11.6 Å². The van der Waals surface area contributed by atoms with Crippen LogP contribution in [0.2, 0.25) is 5.02 Å². The smallest absolute Gasteiger partial charge is 0.0996 e. The number of imidazole rings is 2. The molecule has 23 heavy (non-hydrogen) atoms. The van der Waals surface area contributed by atoms with Crippen LogP contribution in [0, 0.1) is 6.92 Å². The van der Waals surface area contributed by atoms with Gasteiger partial charge in [0, 0.05) is 22.6 Å². The van der Waals surface area contributed by atoms with Crippen LogP contribution in [0.5, 0.6) is 0 Å². The Morgan fingerprint density at radius 2 is 2.00 bits per heavy atom. The highest BCUT2D eigenvalue weighted by molar-refractivity contribution is 6.31. The second-order valence-electron chi connectivity index (χ2n) is 6.18. The van der Waals surface area contributed by atoms with Crippen molar-refractivity contribution in [1.29, 1.82) is 0 Å². The number of aromatic nitrogens is 4. The number of aryl methyl sites for hydroxylation is 2. The van der Waals surface area contributed by atoms with Gasteiger partial charge in [0.1, 0.15) is 0 Å². The molecule has 0 radical (unpaired) electrons. The second kappa shape index (κ2) is 5.85. The Morgan fingerprint density at radius 3 is 2.87 bits per heavy atom. The Kier molecular flexibility index (Phi) is 3.69. The third kappa shape index (κ3) is 2.79. The van der Waals surface area contributed by atoms with E-state index in [2.05, 4.69) is 26.8 Å². The molecule has 0 spiro atoms. The number of hydrogen-bond acceptors (Lipinski definition) is 2. The van der Waals surface area contributed by atoms with Crippen molar-refractivity contribution < 1.29 is 0 Å². The number of nitrogens with zero attached hydrogens (tertiary/aromatic N) is 4. The SMILES string of the molecule is Cc1cc(-n2cnc(Cn3cnc4c3CCCC4)c2)ccc1Cl. The average Bonchev–Trinajstić information content (AvgIpc) is 3.18. The van der Waals surface area contributed by atoms with E-state index in [0.717, 1.165) is 41.4 Å². The van der Waals surface area contributed by atoms with Crippen LogP contribution < -0.4 is 0 Å². The zero-order chi connectivity index (χ0) is 15.8. The molecule has 1 aromatic carbocycles. The van der Waals surface area contributed by atoms with Gasteiger partial charge in [0.25, 0.3) is 0 Å². The number of halogens is 1. The van der Waals surface area contributed by atoms with Crippen LogP contribution in [0.4, 0.5) is 0 Å². The third-order valence-corrected chi connectivity index (χ3v) is 4.94. The van der Waals surface area contributed by atoms with Crippen LogP contribution in [-0.2, 0) is 19.4 Å². The van der Waals surface area contributed by atoms with Gasteiger partial charge < -0.3 is 9.13 Å². The summed E-state index contributed by atoms with van der Waals surface area (Å²) in [6.07, 6.45) is 10.7. The maximum atomic E-state index is 6.10. The first-order valence-corrected chi connectivity index (χ1v) is 8.41. The Balaban J connectivity index is 1.58. The summed E-state index contributed by atoms with van der Waals surface area (Å²) in [5.41, 5.74) is 5.85. The lowest BCUT2D eigenvalue weighted by Gasteiger charge is -2.13. The van der Waals surface area contributed by atoms with Crippen LogP contribution in [0.25, 0.3) is 5.69 Å². The van der Waals surface area contributed by atoms with Gasteiger partial charge in [0.15, 0.2) is 0 Å². The van der Waals surface area contributed by atoms with E-state index in [9.17, 15) is 0 Å². The molecule has 0 saturated heterocycles.